The van der Waals surface area contributed by atoms with E-state index in [1.807, 2.05) is 0 Å². The Morgan fingerprint density at radius 1 is 1.50 bits per heavy atom. The average molecular weight is 294 g/mol. The lowest BCUT2D eigenvalue weighted by atomic mass is 10.4. The molecule has 0 fully saturated rings. The summed E-state index contributed by atoms with van der Waals surface area (Å²) in [6.45, 7) is 1.36. The van der Waals surface area contributed by atoms with Gasteiger partial charge in [-0.3, -0.25) is 10.1 Å². The molecule has 2 aromatic heterocycles. The molecule has 2 aromatic rings. The summed E-state index contributed by atoms with van der Waals surface area (Å²) in [5.74, 6) is 0.810. The normalized spacial score (nSPS) is 10.8. The van der Waals surface area contributed by atoms with Crippen molar-refractivity contribution in [2.45, 2.75) is 6.92 Å². The lowest BCUT2D eigenvalue weighted by Crippen LogP contribution is -2.10. The lowest BCUT2D eigenvalue weighted by Gasteiger charge is -2.08. The highest BCUT2D eigenvalue weighted by atomic mass is 35.5. The second-order valence-corrected chi connectivity index (χ2v) is 4.10. The van der Waals surface area contributed by atoms with Crippen molar-refractivity contribution >= 4 is 41.2 Å². The van der Waals surface area contributed by atoms with Gasteiger partial charge in [0, 0.05) is 14.0 Å². The van der Waals surface area contributed by atoms with Crippen LogP contribution in [-0.2, 0) is 4.79 Å². The SMILES string of the molecule is CNc1nc(NC(C)=O)nc(Cl)c1N=Cc1ccco1. The first-order valence-corrected chi connectivity index (χ1v) is 6.08. The Balaban J connectivity index is 2.35. The predicted molar refractivity (Wildman–Crippen MR) is 76.9 cm³/mol. The molecule has 2 heterocycles. The summed E-state index contributed by atoms with van der Waals surface area (Å²) in [7, 11) is 1.67. The van der Waals surface area contributed by atoms with Gasteiger partial charge in [0.15, 0.2) is 11.0 Å². The van der Waals surface area contributed by atoms with Gasteiger partial charge in [-0.1, -0.05) is 11.6 Å². The van der Waals surface area contributed by atoms with E-state index in [1.54, 1.807) is 25.4 Å². The number of anilines is 2. The molecule has 0 spiro atoms. The fraction of sp³-hybridized carbons (Fsp3) is 0.167. The van der Waals surface area contributed by atoms with E-state index in [9.17, 15) is 4.79 Å². The van der Waals surface area contributed by atoms with Crippen LogP contribution in [0.4, 0.5) is 17.5 Å². The molecule has 0 atom stereocenters. The maximum Gasteiger partial charge on any atom is 0.232 e. The van der Waals surface area contributed by atoms with Crippen molar-refractivity contribution in [1.82, 2.24) is 9.97 Å². The second-order valence-electron chi connectivity index (χ2n) is 3.74. The Morgan fingerprint density at radius 3 is 2.90 bits per heavy atom. The number of hydrogen-bond acceptors (Lipinski definition) is 6. The van der Waals surface area contributed by atoms with Crippen molar-refractivity contribution in [2.75, 3.05) is 17.7 Å². The van der Waals surface area contributed by atoms with Gasteiger partial charge < -0.3 is 9.73 Å². The average Bonchev–Trinajstić information content (AvgIpc) is 2.89. The molecule has 2 rings (SSSR count). The van der Waals surface area contributed by atoms with E-state index in [1.165, 1.54) is 13.1 Å². The topological polar surface area (TPSA) is 92.4 Å². The summed E-state index contributed by atoms with van der Waals surface area (Å²) in [6.07, 6.45) is 3.04. The summed E-state index contributed by atoms with van der Waals surface area (Å²) in [4.78, 5) is 23.3. The van der Waals surface area contributed by atoms with Crippen molar-refractivity contribution < 1.29 is 9.21 Å². The molecule has 0 radical (unpaired) electrons. The molecule has 0 aliphatic heterocycles. The Morgan fingerprint density at radius 2 is 2.30 bits per heavy atom. The third kappa shape index (κ3) is 3.33. The van der Waals surface area contributed by atoms with Crippen LogP contribution in [0.15, 0.2) is 27.8 Å². The maximum absolute atomic E-state index is 11.0. The minimum absolute atomic E-state index is 0.115. The summed E-state index contributed by atoms with van der Waals surface area (Å²) in [6, 6.07) is 3.50. The highest BCUT2D eigenvalue weighted by Crippen LogP contribution is 2.31. The molecule has 8 heteroatoms. The first kappa shape index (κ1) is 14.0. The smallest absolute Gasteiger partial charge is 0.232 e. The standard InChI is InChI=1S/C12H12ClN5O2/c1-7(19)16-12-17-10(13)9(11(14-2)18-12)15-6-8-4-3-5-20-8/h3-6H,1-2H3,(H2,14,16,17,18,19). The Kier molecular flexibility index (Phi) is 4.31. The van der Waals surface area contributed by atoms with Crippen LogP contribution in [0.2, 0.25) is 5.15 Å². The zero-order chi connectivity index (χ0) is 14.5. The molecule has 0 unspecified atom stereocenters. The first-order chi connectivity index (χ1) is 9.60. The molecule has 1 amide bonds. The third-order valence-corrected chi connectivity index (χ3v) is 2.49. The lowest BCUT2D eigenvalue weighted by molar-refractivity contribution is -0.114. The number of aromatic nitrogens is 2. The van der Waals surface area contributed by atoms with Crippen LogP contribution < -0.4 is 10.6 Å². The number of halogens is 1. The maximum atomic E-state index is 11.0. The van der Waals surface area contributed by atoms with Gasteiger partial charge in [-0.05, 0) is 12.1 Å². The van der Waals surface area contributed by atoms with Gasteiger partial charge in [0.1, 0.15) is 11.4 Å². The number of hydrogen-bond donors (Lipinski definition) is 2. The van der Waals surface area contributed by atoms with Crippen molar-refractivity contribution in [2.24, 2.45) is 4.99 Å². The number of carbonyl (C=O) groups is 1. The Bertz CT molecular complexity index is 640. The van der Waals surface area contributed by atoms with Gasteiger partial charge in [0.05, 0.1) is 12.5 Å². The van der Waals surface area contributed by atoms with Crippen LogP contribution in [0.1, 0.15) is 12.7 Å². The van der Waals surface area contributed by atoms with E-state index in [2.05, 4.69) is 25.6 Å². The van der Waals surface area contributed by atoms with Crippen LogP contribution in [0.25, 0.3) is 0 Å². The summed E-state index contributed by atoms with van der Waals surface area (Å²) in [5, 5.41) is 5.43. The summed E-state index contributed by atoms with van der Waals surface area (Å²) in [5.41, 5.74) is 0.361. The number of furan rings is 1. The van der Waals surface area contributed by atoms with Gasteiger partial charge in [0.25, 0.3) is 0 Å². The van der Waals surface area contributed by atoms with Gasteiger partial charge in [-0.2, -0.15) is 9.97 Å². The quantitative estimate of drug-likeness (QED) is 0.667. The van der Waals surface area contributed by atoms with E-state index < -0.39 is 0 Å². The zero-order valence-electron chi connectivity index (χ0n) is 10.8. The Labute approximate surface area is 120 Å². The number of amides is 1. The third-order valence-electron chi connectivity index (χ3n) is 2.23. The molecular formula is C12H12ClN5O2. The fourth-order valence-corrected chi connectivity index (χ4v) is 1.64. The number of rotatable bonds is 4. The first-order valence-electron chi connectivity index (χ1n) is 5.70. The minimum atomic E-state index is -0.282. The highest BCUT2D eigenvalue weighted by molar-refractivity contribution is 6.32. The number of carbonyl (C=O) groups excluding carboxylic acids is 1. The molecule has 7 nitrogen and oxygen atoms in total. The predicted octanol–water partition coefficient (Wildman–Crippen LogP) is 2.47. The van der Waals surface area contributed by atoms with Crippen LogP contribution >= 0.6 is 11.6 Å². The molecule has 20 heavy (non-hydrogen) atoms. The molecule has 0 aliphatic carbocycles. The number of aliphatic imine (C=N–C) groups is 1. The van der Waals surface area contributed by atoms with Crippen molar-refractivity contribution in [3.8, 4) is 0 Å². The van der Waals surface area contributed by atoms with Gasteiger partial charge in [0.2, 0.25) is 11.9 Å². The van der Waals surface area contributed by atoms with Crippen LogP contribution in [0.3, 0.4) is 0 Å². The molecular weight excluding hydrogens is 282 g/mol. The summed E-state index contributed by atoms with van der Waals surface area (Å²) >= 11 is 6.05. The highest BCUT2D eigenvalue weighted by Gasteiger charge is 2.12. The van der Waals surface area contributed by atoms with E-state index in [-0.39, 0.29) is 17.0 Å². The zero-order valence-corrected chi connectivity index (χ0v) is 11.6. The Hall–Kier alpha value is -2.41. The molecule has 104 valence electrons. The van der Waals surface area contributed by atoms with Crippen molar-refractivity contribution in [3.63, 3.8) is 0 Å². The monoisotopic (exact) mass is 293 g/mol. The van der Waals surface area contributed by atoms with Crippen LogP contribution in [-0.4, -0.2) is 29.1 Å². The van der Waals surface area contributed by atoms with E-state index >= 15 is 0 Å². The molecule has 0 saturated carbocycles. The molecule has 2 N–H and O–H groups in total. The van der Waals surface area contributed by atoms with Crippen molar-refractivity contribution in [1.29, 1.82) is 0 Å². The molecule has 0 aliphatic rings. The van der Waals surface area contributed by atoms with E-state index in [0.29, 0.717) is 17.3 Å². The van der Waals surface area contributed by atoms with Crippen LogP contribution in [0.5, 0.6) is 0 Å². The number of nitrogens with zero attached hydrogens (tertiary/aromatic N) is 3. The van der Waals surface area contributed by atoms with Gasteiger partial charge >= 0.3 is 0 Å². The van der Waals surface area contributed by atoms with Gasteiger partial charge in [-0.25, -0.2) is 4.99 Å². The van der Waals surface area contributed by atoms with Crippen LogP contribution in [0, 0.1) is 0 Å². The second kappa shape index (κ2) is 6.16. The largest absolute Gasteiger partial charge is 0.463 e. The molecule has 0 aromatic carbocycles. The summed E-state index contributed by atoms with van der Waals surface area (Å²) < 4.78 is 5.13. The van der Waals surface area contributed by atoms with Crippen molar-refractivity contribution in [3.05, 3.63) is 29.3 Å². The minimum Gasteiger partial charge on any atom is -0.463 e. The molecule has 0 bridgehead atoms. The van der Waals surface area contributed by atoms with E-state index in [4.69, 9.17) is 16.0 Å². The molecule has 0 saturated heterocycles. The van der Waals surface area contributed by atoms with E-state index in [0.717, 1.165) is 0 Å². The van der Waals surface area contributed by atoms with Gasteiger partial charge in [-0.15, -0.1) is 0 Å². The fourth-order valence-electron chi connectivity index (χ4n) is 1.42. The number of nitrogens with one attached hydrogen (secondary N) is 2.